The van der Waals surface area contributed by atoms with Crippen molar-refractivity contribution in [1.82, 2.24) is 9.97 Å². The van der Waals surface area contributed by atoms with E-state index in [0.717, 1.165) is 28.7 Å². The number of nitrogens with one attached hydrogen (secondary N) is 3. The molecule has 0 spiro atoms. The van der Waals surface area contributed by atoms with Crippen molar-refractivity contribution in [2.24, 2.45) is 0 Å². The van der Waals surface area contributed by atoms with Crippen LogP contribution in [0.2, 0.25) is 5.02 Å². The summed E-state index contributed by atoms with van der Waals surface area (Å²) in [6, 6.07) is 16.3. The maximum absolute atomic E-state index is 12.5. The average Bonchev–Trinajstić information content (AvgIpc) is 3.13. The van der Waals surface area contributed by atoms with E-state index >= 15 is 0 Å². The van der Waals surface area contributed by atoms with Crippen LogP contribution in [-0.4, -0.2) is 16.3 Å². The number of hydrogen-bond acceptors (Lipinski definition) is 5. The molecule has 4 rings (SSSR count). The van der Waals surface area contributed by atoms with E-state index in [9.17, 15) is 18.4 Å². The zero-order valence-electron chi connectivity index (χ0n) is 15.6. The van der Waals surface area contributed by atoms with Gasteiger partial charge in [-0.1, -0.05) is 17.7 Å². The molecule has 0 aliphatic rings. The molecule has 0 saturated heterocycles. The van der Waals surface area contributed by atoms with E-state index in [2.05, 4.69) is 25.3 Å². The molecule has 31 heavy (non-hydrogen) atoms. The highest BCUT2D eigenvalue weighted by Gasteiger charge is 2.31. The molecule has 0 fully saturated rings. The molecule has 3 N–H and O–H groups in total. The van der Waals surface area contributed by atoms with Crippen molar-refractivity contribution in [2.45, 2.75) is 6.36 Å². The second-order valence-corrected chi connectivity index (χ2v) is 6.93. The Kier molecular flexibility index (Phi) is 5.31. The number of H-pyrrole nitrogens is 1. The molecule has 0 unspecified atom stereocenters. The summed E-state index contributed by atoms with van der Waals surface area (Å²) in [5.41, 5.74) is 2.46. The van der Waals surface area contributed by atoms with Gasteiger partial charge in [-0.15, -0.1) is 13.2 Å². The molecule has 156 valence electrons. The molecule has 0 aliphatic heterocycles. The molecule has 10 heteroatoms. The van der Waals surface area contributed by atoms with E-state index in [-0.39, 0.29) is 16.4 Å². The maximum atomic E-state index is 12.5. The van der Waals surface area contributed by atoms with Gasteiger partial charge in [0.05, 0.1) is 0 Å². The Morgan fingerprint density at radius 2 is 1.77 bits per heavy atom. The van der Waals surface area contributed by atoms with Crippen molar-refractivity contribution in [3.05, 3.63) is 71.5 Å². The molecule has 0 aliphatic carbocycles. The van der Waals surface area contributed by atoms with Crippen LogP contribution in [0.4, 0.5) is 36.1 Å². The molecule has 0 amide bonds. The van der Waals surface area contributed by atoms with Crippen LogP contribution >= 0.6 is 11.6 Å². The zero-order chi connectivity index (χ0) is 22.0. The number of rotatable bonds is 5. The summed E-state index contributed by atoms with van der Waals surface area (Å²) >= 11 is 5.91. The number of halogens is 4. The van der Waals surface area contributed by atoms with E-state index in [1.165, 1.54) is 12.1 Å². The average molecular weight is 444 g/mol. The fourth-order valence-electron chi connectivity index (χ4n) is 2.99. The van der Waals surface area contributed by atoms with Crippen LogP contribution in [0.1, 0.15) is 5.69 Å². The summed E-state index contributed by atoms with van der Waals surface area (Å²) in [7, 11) is 0. The van der Waals surface area contributed by atoms with Gasteiger partial charge >= 0.3 is 6.36 Å². The van der Waals surface area contributed by atoms with Gasteiger partial charge < -0.3 is 20.4 Å². The van der Waals surface area contributed by atoms with Gasteiger partial charge in [0, 0.05) is 45.9 Å². The van der Waals surface area contributed by atoms with Crippen molar-refractivity contribution in [3.63, 3.8) is 0 Å². The van der Waals surface area contributed by atoms with Gasteiger partial charge in [0.25, 0.3) is 0 Å². The monoisotopic (exact) mass is 443 g/mol. The first kappa shape index (κ1) is 20.4. The normalized spacial score (nSPS) is 11.2. The molecule has 0 atom stereocenters. The summed E-state index contributed by atoms with van der Waals surface area (Å²) in [6.45, 7) is 0. The third-order valence-corrected chi connectivity index (χ3v) is 4.38. The van der Waals surface area contributed by atoms with E-state index in [1.54, 1.807) is 6.07 Å². The smallest absolute Gasteiger partial charge is 0.406 e. The number of aromatic amines is 1. The van der Waals surface area contributed by atoms with Gasteiger partial charge in [-0.25, -0.2) is 4.98 Å². The first-order valence-corrected chi connectivity index (χ1v) is 9.25. The summed E-state index contributed by atoms with van der Waals surface area (Å²) in [4.78, 5) is 7.33. The van der Waals surface area contributed by atoms with Gasteiger partial charge in [-0.2, -0.15) is 5.26 Å². The highest BCUT2D eigenvalue weighted by atomic mass is 35.5. The Morgan fingerprint density at radius 1 is 0.968 bits per heavy atom. The lowest BCUT2D eigenvalue weighted by Gasteiger charge is -2.13. The van der Waals surface area contributed by atoms with E-state index in [4.69, 9.17) is 11.6 Å². The number of nitriles is 1. The van der Waals surface area contributed by atoms with Crippen LogP contribution in [0, 0.1) is 11.3 Å². The summed E-state index contributed by atoms with van der Waals surface area (Å²) in [5.74, 6) is -0.0871. The Labute approximate surface area is 179 Å². The first-order chi connectivity index (χ1) is 14.8. The van der Waals surface area contributed by atoms with Gasteiger partial charge in [0.15, 0.2) is 0 Å². The first-order valence-electron chi connectivity index (χ1n) is 8.87. The van der Waals surface area contributed by atoms with Crippen molar-refractivity contribution in [1.29, 1.82) is 5.26 Å². The number of benzene rings is 2. The van der Waals surface area contributed by atoms with Crippen LogP contribution in [0.5, 0.6) is 5.75 Å². The number of hydrogen-bond donors (Lipinski definition) is 3. The van der Waals surface area contributed by atoms with Crippen molar-refractivity contribution < 1.29 is 17.9 Å². The van der Waals surface area contributed by atoms with Gasteiger partial charge in [0.1, 0.15) is 23.3 Å². The van der Waals surface area contributed by atoms with Crippen molar-refractivity contribution in [2.75, 3.05) is 10.6 Å². The van der Waals surface area contributed by atoms with Crippen LogP contribution in [0.3, 0.4) is 0 Å². The van der Waals surface area contributed by atoms with Crippen LogP contribution < -0.4 is 15.4 Å². The third-order valence-electron chi connectivity index (χ3n) is 4.16. The molecule has 0 radical (unpaired) electrons. The third kappa shape index (κ3) is 5.18. The molecular formula is C21H13ClF3N5O. The standard InChI is InChI=1S/C21H13ClF3N5O/c22-13-5-15(8-18(6-13)31-21(23,24)25)28-16-7-17(11-26)30-20(10-16)29-14-2-1-12-3-4-27-19(12)9-14/h1-10,27H,(H2,28,29,30). The Balaban J connectivity index is 1.61. The predicted octanol–water partition coefficient (Wildman–Crippen LogP) is 6.47. The zero-order valence-corrected chi connectivity index (χ0v) is 16.3. The lowest BCUT2D eigenvalue weighted by Crippen LogP contribution is -2.17. The lowest BCUT2D eigenvalue weighted by molar-refractivity contribution is -0.274. The predicted molar refractivity (Wildman–Crippen MR) is 112 cm³/mol. The minimum atomic E-state index is -4.84. The number of aromatic nitrogens is 2. The highest BCUT2D eigenvalue weighted by Crippen LogP contribution is 2.31. The van der Waals surface area contributed by atoms with Crippen molar-refractivity contribution in [3.8, 4) is 11.8 Å². The minimum absolute atomic E-state index is 0.0522. The minimum Gasteiger partial charge on any atom is -0.406 e. The van der Waals surface area contributed by atoms with Crippen LogP contribution in [0.25, 0.3) is 10.9 Å². The number of fused-ring (bicyclic) bond motifs is 1. The second kappa shape index (κ2) is 8.08. The Morgan fingerprint density at radius 3 is 2.55 bits per heavy atom. The number of pyridine rings is 1. The number of alkyl halides is 3. The topological polar surface area (TPSA) is 85.8 Å². The molecule has 4 aromatic rings. The summed E-state index contributed by atoms with van der Waals surface area (Å²) in [6.07, 6.45) is -3.02. The highest BCUT2D eigenvalue weighted by molar-refractivity contribution is 6.31. The molecule has 6 nitrogen and oxygen atoms in total. The fourth-order valence-corrected chi connectivity index (χ4v) is 3.22. The van der Waals surface area contributed by atoms with Gasteiger partial charge in [0.2, 0.25) is 0 Å². The van der Waals surface area contributed by atoms with Crippen molar-refractivity contribution >= 4 is 45.4 Å². The van der Waals surface area contributed by atoms with Gasteiger partial charge in [-0.05, 0) is 41.8 Å². The Hall–Kier alpha value is -3.90. The van der Waals surface area contributed by atoms with Gasteiger partial charge in [-0.3, -0.25) is 0 Å². The van der Waals surface area contributed by atoms with E-state index in [1.807, 2.05) is 36.5 Å². The lowest BCUT2D eigenvalue weighted by atomic mass is 10.2. The van der Waals surface area contributed by atoms with E-state index < -0.39 is 12.1 Å². The molecular weight excluding hydrogens is 431 g/mol. The largest absolute Gasteiger partial charge is 0.573 e. The quantitative estimate of drug-likeness (QED) is 0.329. The molecule has 2 heterocycles. The summed E-state index contributed by atoms with van der Waals surface area (Å²) < 4.78 is 41.5. The second-order valence-electron chi connectivity index (χ2n) is 6.49. The molecule has 0 bridgehead atoms. The van der Waals surface area contributed by atoms with Crippen LogP contribution in [-0.2, 0) is 0 Å². The number of ether oxygens (including phenoxy) is 1. The fraction of sp³-hybridized carbons (Fsp3) is 0.0476. The molecule has 0 saturated carbocycles. The van der Waals surface area contributed by atoms with Crippen LogP contribution in [0.15, 0.2) is 60.8 Å². The molecule has 2 aromatic heterocycles. The molecule has 2 aromatic carbocycles. The number of nitrogens with zero attached hydrogens (tertiary/aromatic N) is 2. The van der Waals surface area contributed by atoms with E-state index in [0.29, 0.717) is 11.5 Å². The Bertz CT molecular complexity index is 1300. The SMILES string of the molecule is N#Cc1cc(Nc2cc(Cl)cc(OC(F)(F)F)c2)cc(Nc2ccc3cc[nH]c3c2)n1. The number of anilines is 4. The maximum Gasteiger partial charge on any atom is 0.573 e. The summed E-state index contributed by atoms with van der Waals surface area (Å²) in [5, 5.41) is 16.5.